The largest absolute Gasteiger partial charge is 0.479 e. The Kier molecular flexibility index (Phi) is 4.07. The van der Waals surface area contributed by atoms with Crippen LogP contribution < -0.4 is 0 Å². The van der Waals surface area contributed by atoms with Gasteiger partial charge in [0.15, 0.2) is 6.10 Å². The molecule has 0 bridgehead atoms. The number of aliphatic hydroxyl groups is 1. The van der Waals surface area contributed by atoms with Crippen LogP contribution >= 0.6 is 45.2 Å². The van der Waals surface area contributed by atoms with Crippen molar-refractivity contribution in [2.24, 2.45) is 0 Å². The minimum atomic E-state index is -1.60. The van der Waals surface area contributed by atoms with Gasteiger partial charge in [-0.2, -0.15) is 0 Å². The van der Waals surface area contributed by atoms with Crippen LogP contribution in [0.15, 0.2) is 12.1 Å². The number of hydrogen-bond donors (Lipinski definition) is 2. The molecule has 1 atom stereocenters. The second-order valence-electron chi connectivity index (χ2n) is 2.52. The predicted octanol–water partition coefficient (Wildman–Crippen LogP) is 2.15. The van der Waals surface area contributed by atoms with Crippen molar-refractivity contribution in [1.82, 2.24) is 0 Å². The number of hydrogen-bond acceptors (Lipinski definition) is 2. The number of aliphatic carboxylic acids is 1. The molecule has 0 saturated carbocycles. The molecular formula is C8H5FI2O3. The van der Waals surface area contributed by atoms with Crippen molar-refractivity contribution < 1.29 is 19.4 Å². The van der Waals surface area contributed by atoms with Crippen molar-refractivity contribution in [1.29, 1.82) is 0 Å². The molecule has 0 amide bonds. The number of carboxylic acid groups (broad SMARTS) is 1. The highest BCUT2D eigenvalue weighted by Crippen LogP contribution is 2.26. The Morgan fingerprint density at radius 1 is 1.36 bits per heavy atom. The molecule has 0 spiro atoms. The van der Waals surface area contributed by atoms with E-state index in [-0.39, 0.29) is 5.56 Å². The van der Waals surface area contributed by atoms with Gasteiger partial charge >= 0.3 is 5.97 Å². The van der Waals surface area contributed by atoms with Gasteiger partial charge in [-0.3, -0.25) is 0 Å². The van der Waals surface area contributed by atoms with E-state index in [2.05, 4.69) is 0 Å². The lowest BCUT2D eigenvalue weighted by Gasteiger charge is -2.10. The maximum Gasteiger partial charge on any atom is 0.337 e. The van der Waals surface area contributed by atoms with Crippen LogP contribution in [0.5, 0.6) is 0 Å². The highest BCUT2D eigenvalue weighted by molar-refractivity contribution is 14.1. The van der Waals surface area contributed by atoms with E-state index in [0.29, 0.717) is 7.14 Å². The quantitative estimate of drug-likeness (QED) is 0.719. The maximum absolute atomic E-state index is 12.8. The number of carbonyl (C=O) groups is 1. The Bertz CT molecular complexity index is 358. The lowest BCUT2D eigenvalue weighted by Crippen LogP contribution is -2.13. The zero-order chi connectivity index (χ0) is 10.9. The first-order chi connectivity index (χ1) is 6.43. The van der Waals surface area contributed by atoms with Gasteiger partial charge in [0, 0.05) is 12.7 Å². The van der Waals surface area contributed by atoms with Crippen molar-refractivity contribution in [3.05, 3.63) is 30.7 Å². The van der Waals surface area contributed by atoms with Crippen molar-refractivity contribution >= 4 is 51.2 Å². The van der Waals surface area contributed by atoms with Crippen molar-refractivity contribution in [3.8, 4) is 0 Å². The van der Waals surface area contributed by atoms with Crippen LogP contribution in [0.1, 0.15) is 11.7 Å². The molecule has 0 heterocycles. The van der Waals surface area contributed by atoms with Gasteiger partial charge in [0.2, 0.25) is 0 Å². The summed E-state index contributed by atoms with van der Waals surface area (Å²) in [4.78, 5) is 10.5. The topological polar surface area (TPSA) is 57.5 Å². The summed E-state index contributed by atoms with van der Waals surface area (Å²) >= 11 is 3.58. The zero-order valence-corrected chi connectivity index (χ0v) is 11.0. The van der Waals surface area contributed by atoms with E-state index in [1.165, 1.54) is 12.1 Å². The number of carboxylic acids is 1. The lowest BCUT2D eigenvalue weighted by atomic mass is 10.1. The van der Waals surface area contributed by atoms with Crippen LogP contribution in [0.4, 0.5) is 4.39 Å². The van der Waals surface area contributed by atoms with Crippen LogP contribution in [-0.2, 0) is 4.79 Å². The molecule has 0 aromatic heterocycles. The summed E-state index contributed by atoms with van der Waals surface area (Å²) in [6.45, 7) is 0. The molecule has 0 radical (unpaired) electrons. The van der Waals surface area contributed by atoms with Crippen molar-refractivity contribution in [2.45, 2.75) is 6.10 Å². The summed E-state index contributed by atoms with van der Waals surface area (Å²) in [7, 11) is 0. The van der Waals surface area contributed by atoms with Crippen molar-refractivity contribution in [2.75, 3.05) is 0 Å². The average molecular weight is 422 g/mol. The molecule has 76 valence electrons. The van der Waals surface area contributed by atoms with Gasteiger partial charge in [-0.1, -0.05) is 0 Å². The Morgan fingerprint density at radius 3 is 2.14 bits per heavy atom. The SMILES string of the molecule is O=C(O)C(O)c1c(I)cc(F)cc1I. The van der Waals surface area contributed by atoms with Gasteiger partial charge in [0.1, 0.15) is 5.82 Å². The fourth-order valence-electron chi connectivity index (χ4n) is 0.938. The molecule has 6 heteroatoms. The Morgan fingerprint density at radius 2 is 1.79 bits per heavy atom. The third-order valence-electron chi connectivity index (χ3n) is 1.55. The fraction of sp³-hybridized carbons (Fsp3) is 0.125. The molecule has 0 fully saturated rings. The zero-order valence-electron chi connectivity index (χ0n) is 6.67. The minimum Gasteiger partial charge on any atom is -0.479 e. The first-order valence-corrected chi connectivity index (χ1v) is 5.64. The monoisotopic (exact) mass is 422 g/mol. The molecule has 1 aromatic rings. The Labute approximate surface area is 107 Å². The summed E-state index contributed by atoms with van der Waals surface area (Å²) in [5.74, 6) is -1.78. The normalized spacial score (nSPS) is 12.6. The average Bonchev–Trinajstić information content (AvgIpc) is 2.01. The van der Waals surface area contributed by atoms with Crippen LogP contribution in [0.3, 0.4) is 0 Å². The third kappa shape index (κ3) is 2.54. The van der Waals surface area contributed by atoms with E-state index in [9.17, 15) is 14.3 Å². The number of benzene rings is 1. The second kappa shape index (κ2) is 4.71. The van der Waals surface area contributed by atoms with Crippen LogP contribution in [0.25, 0.3) is 0 Å². The van der Waals surface area contributed by atoms with E-state index >= 15 is 0 Å². The van der Waals surface area contributed by atoms with Gasteiger partial charge in [-0.25, -0.2) is 9.18 Å². The van der Waals surface area contributed by atoms with Crippen LogP contribution in [-0.4, -0.2) is 16.2 Å². The van der Waals surface area contributed by atoms with Gasteiger partial charge in [0.25, 0.3) is 0 Å². The molecule has 2 N–H and O–H groups in total. The van der Waals surface area contributed by atoms with Gasteiger partial charge in [-0.15, -0.1) is 0 Å². The number of halogens is 3. The summed E-state index contributed by atoms with van der Waals surface area (Å²) in [6, 6.07) is 2.37. The van der Waals surface area contributed by atoms with E-state index in [1.807, 2.05) is 0 Å². The molecule has 1 rings (SSSR count). The molecule has 0 saturated heterocycles. The molecule has 3 nitrogen and oxygen atoms in total. The van der Waals surface area contributed by atoms with Gasteiger partial charge in [-0.05, 0) is 57.3 Å². The summed E-state index contributed by atoms with van der Waals surface area (Å²) in [5.41, 5.74) is 0.236. The van der Waals surface area contributed by atoms with E-state index < -0.39 is 17.9 Å². The molecule has 0 aliphatic carbocycles. The molecule has 0 aliphatic rings. The predicted molar refractivity (Wildman–Crippen MR) is 64.4 cm³/mol. The lowest BCUT2D eigenvalue weighted by molar-refractivity contribution is -0.147. The highest BCUT2D eigenvalue weighted by Gasteiger charge is 2.22. The fourth-order valence-corrected chi connectivity index (χ4v) is 3.22. The highest BCUT2D eigenvalue weighted by atomic mass is 127. The van der Waals surface area contributed by atoms with Crippen LogP contribution in [0.2, 0.25) is 0 Å². The van der Waals surface area contributed by atoms with E-state index in [4.69, 9.17) is 5.11 Å². The third-order valence-corrected chi connectivity index (χ3v) is 3.34. The number of rotatable bonds is 2. The number of aliphatic hydroxyl groups excluding tert-OH is 1. The maximum atomic E-state index is 12.8. The molecule has 14 heavy (non-hydrogen) atoms. The first-order valence-electron chi connectivity index (χ1n) is 3.48. The summed E-state index contributed by atoms with van der Waals surface area (Å²) in [5, 5.41) is 17.9. The molecular weight excluding hydrogens is 417 g/mol. The Balaban J connectivity index is 3.27. The molecule has 0 aliphatic heterocycles. The Hall–Kier alpha value is 0.0400. The van der Waals surface area contributed by atoms with Gasteiger partial charge in [0.05, 0.1) is 0 Å². The van der Waals surface area contributed by atoms with Crippen molar-refractivity contribution in [3.63, 3.8) is 0 Å². The standard InChI is InChI=1S/C8H5FI2O3/c9-3-1-4(10)6(5(11)2-3)7(12)8(13)14/h1-2,7,12H,(H,13,14). The van der Waals surface area contributed by atoms with E-state index in [1.54, 1.807) is 45.2 Å². The van der Waals surface area contributed by atoms with Gasteiger partial charge < -0.3 is 10.2 Å². The summed E-state index contributed by atoms with van der Waals surface area (Å²) < 4.78 is 13.6. The molecule has 1 unspecified atom stereocenters. The van der Waals surface area contributed by atoms with E-state index in [0.717, 1.165) is 0 Å². The molecule has 1 aromatic carbocycles. The minimum absolute atomic E-state index is 0.236. The second-order valence-corrected chi connectivity index (χ2v) is 4.85. The first kappa shape index (κ1) is 12.1. The van der Waals surface area contributed by atoms with Crippen LogP contribution in [0, 0.1) is 13.0 Å². The smallest absolute Gasteiger partial charge is 0.337 e. The summed E-state index contributed by atoms with van der Waals surface area (Å²) in [6.07, 6.45) is -1.60.